The molecule has 0 aliphatic carbocycles. The van der Waals surface area contributed by atoms with Crippen LogP contribution in [-0.2, 0) is 9.59 Å². The third-order valence-electron chi connectivity index (χ3n) is 6.42. The van der Waals surface area contributed by atoms with Gasteiger partial charge in [0.1, 0.15) is 12.1 Å². The minimum Gasteiger partial charge on any atom is -0.862 e. The Morgan fingerprint density at radius 3 is 0.868 bits per heavy atom. The maximum atomic E-state index is 11.5. The van der Waals surface area contributed by atoms with E-state index in [1.165, 1.54) is 90.9 Å². The number of hydrogen-bond donors (Lipinski definition) is 2. The molecule has 0 heterocycles. The summed E-state index contributed by atoms with van der Waals surface area (Å²) in [7, 11) is 0. The molecule has 0 aromatic rings. The van der Waals surface area contributed by atoms with Gasteiger partial charge in [-0.1, -0.05) is 103 Å². The summed E-state index contributed by atoms with van der Waals surface area (Å²) in [5, 5.41) is 40.6. The van der Waals surface area contributed by atoms with E-state index in [1.807, 2.05) is 0 Å². The van der Waals surface area contributed by atoms with E-state index >= 15 is 0 Å². The van der Waals surface area contributed by atoms with E-state index in [0.29, 0.717) is 12.8 Å². The Kier molecular flexibility index (Phi) is 33.3. The predicted octanol–water partition coefficient (Wildman–Crippen LogP) is -0.740. The van der Waals surface area contributed by atoms with Gasteiger partial charge in [0.15, 0.2) is 0 Å². The Balaban J connectivity index is -0.00000612. The van der Waals surface area contributed by atoms with Crippen LogP contribution >= 0.6 is 0 Å². The molecule has 0 aromatic carbocycles. The zero-order chi connectivity index (χ0) is 27.0. The van der Waals surface area contributed by atoms with Crippen LogP contribution in [0.4, 0.5) is 0 Å². The van der Waals surface area contributed by atoms with Crippen molar-refractivity contribution in [2.75, 3.05) is 0 Å². The Morgan fingerprint density at radius 2 is 0.684 bits per heavy atom. The van der Waals surface area contributed by atoms with E-state index in [1.54, 1.807) is 0 Å². The molecular weight excluding hydrogens is 506 g/mol. The van der Waals surface area contributed by atoms with Crippen molar-refractivity contribution in [1.82, 2.24) is 0 Å². The number of unbranched alkanes of at least 4 members (excludes halogenated alkanes) is 17. The molecule has 2 N–H and O–H groups in total. The monoisotopic (exact) mass is 556 g/mol. The number of carboxylic acid groups (broad SMARTS) is 2. The molecule has 0 fully saturated rings. The van der Waals surface area contributed by atoms with Gasteiger partial charge in [-0.25, -0.2) is 9.59 Å². The fourth-order valence-corrected chi connectivity index (χ4v) is 4.05. The van der Waals surface area contributed by atoms with Gasteiger partial charge in [-0.2, -0.15) is 0 Å². The zero-order valence-electron chi connectivity index (χ0n) is 24.7. The molecular formula is C28H50N2Na2O6. The van der Waals surface area contributed by atoms with Crippen LogP contribution in [0.15, 0.2) is 9.98 Å². The third kappa shape index (κ3) is 28.9. The van der Waals surface area contributed by atoms with Gasteiger partial charge in [-0.15, -0.1) is 0 Å². The van der Waals surface area contributed by atoms with E-state index in [-0.39, 0.29) is 70.9 Å². The van der Waals surface area contributed by atoms with Crippen LogP contribution in [0.3, 0.4) is 0 Å². The molecule has 0 saturated carbocycles. The summed E-state index contributed by atoms with van der Waals surface area (Å²) in [5.74, 6) is -2.71. The van der Waals surface area contributed by atoms with Gasteiger partial charge < -0.3 is 20.4 Å². The largest absolute Gasteiger partial charge is 1.00 e. The van der Waals surface area contributed by atoms with Crippen LogP contribution in [0.1, 0.15) is 142 Å². The summed E-state index contributed by atoms with van der Waals surface area (Å²) >= 11 is 0. The first-order valence-electron chi connectivity index (χ1n) is 14.2. The van der Waals surface area contributed by atoms with Gasteiger partial charge in [-0.3, -0.25) is 9.98 Å². The molecule has 0 saturated heterocycles. The third-order valence-corrected chi connectivity index (χ3v) is 6.42. The standard InChI is InChI=1S/C28H52N2O6.2Na/c1-23(27(33)34)29-25(31)21-19-17-15-13-11-9-7-5-3-4-6-8-10-12-14-16-18-20-22-26(32)30-24(2)28(35)36;;/h23-24H,3-22H2,1-2H3,(H,29,31)(H,30,32)(H,33,34)(H,35,36);;/q;2*+1/p-2/t23-,24-;;/m0../s1. The fourth-order valence-electron chi connectivity index (χ4n) is 4.05. The van der Waals surface area contributed by atoms with Crippen molar-refractivity contribution in [3.63, 3.8) is 0 Å². The summed E-state index contributed by atoms with van der Waals surface area (Å²) in [6, 6.07) is -1.88. The summed E-state index contributed by atoms with van der Waals surface area (Å²) in [6.07, 6.45) is 21.9. The van der Waals surface area contributed by atoms with E-state index in [9.17, 15) is 19.8 Å². The quantitative estimate of drug-likeness (QED) is 0.0656. The average molecular weight is 557 g/mol. The fraction of sp³-hybridized carbons (Fsp3) is 0.857. The van der Waals surface area contributed by atoms with Gasteiger partial charge in [0, 0.05) is 0 Å². The van der Waals surface area contributed by atoms with Crippen molar-refractivity contribution < 1.29 is 89.1 Å². The van der Waals surface area contributed by atoms with E-state index in [4.69, 9.17) is 10.2 Å². The summed E-state index contributed by atoms with van der Waals surface area (Å²) in [5.41, 5.74) is 0. The van der Waals surface area contributed by atoms with Gasteiger partial charge >= 0.3 is 71.1 Å². The van der Waals surface area contributed by atoms with Crippen molar-refractivity contribution >= 4 is 23.7 Å². The average Bonchev–Trinajstić information content (AvgIpc) is 2.82. The molecule has 0 aromatic heterocycles. The zero-order valence-corrected chi connectivity index (χ0v) is 28.7. The minimum absolute atomic E-state index is 0. The topological polar surface area (TPSA) is 145 Å². The van der Waals surface area contributed by atoms with Crippen molar-refractivity contribution in [2.24, 2.45) is 9.98 Å². The second-order valence-electron chi connectivity index (χ2n) is 9.94. The molecule has 210 valence electrons. The van der Waals surface area contributed by atoms with Gasteiger partial charge in [0.05, 0.1) is 0 Å². The van der Waals surface area contributed by atoms with E-state index in [0.717, 1.165) is 38.5 Å². The minimum atomic E-state index is -1.06. The molecule has 0 rings (SSSR count). The SMILES string of the molecule is C[C@H](N=C([O-])CCCCCCCCCCCCCCCCCCCCC([O-])=N[C@@H](C)C(=O)O)C(=O)O.[Na+].[Na+]. The second-order valence-corrected chi connectivity index (χ2v) is 9.94. The maximum Gasteiger partial charge on any atom is 1.00 e. The number of aliphatic carboxylic acids is 2. The Hall–Kier alpha value is -0.120. The Morgan fingerprint density at radius 1 is 0.500 bits per heavy atom. The number of hydrogen-bond acceptors (Lipinski definition) is 6. The molecule has 0 radical (unpaired) electrons. The normalized spacial score (nSPS) is 13.3. The molecule has 8 nitrogen and oxygen atoms in total. The van der Waals surface area contributed by atoms with Crippen LogP contribution in [0, 0.1) is 0 Å². The molecule has 2 atom stereocenters. The van der Waals surface area contributed by atoms with Crippen molar-refractivity contribution in [3.8, 4) is 0 Å². The molecule has 0 unspecified atom stereocenters. The number of rotatable bonds is 25. The van der Waals surface area contributed by atoms with Crippen molar-refractivity contribution in [3.05, 3.63) is 0 Å². The van der Waals surface area contributed by atoms with E-state index < -0.39 is 24.0 Å². The van der Waals surface area contributed by atoms with Crippen LogP contribution in [-0.4, -0.2) is 46.0 Å². The molecule has 10 heteroatoms. The smallest absolute Gasteiger partial charge is 0.862 e. The van der Waals surface area contributed by atoms with Crippen molar-refractivity contribution in [1.29, 1.82) is 0 Å². The molecule has 0 aliphatic rings. The Bertz CT molecular complexity index is 593. The second kappa shape index (κ2) is 29.9. The van der Waals surface area contributed by atoms with Crippen LogP contribution in [0.25, 0.3) is 0 Å². The number of aliphatic imine (C=N–C) groups is 2. The maximum absolute atomic E-state index is 11.5. The first-order chi connectivity index (χ1) is 17.2. The summed E-state index contributed by atoms with van der Waals surface area (Å²) in [6.45, 7) is 2.85. The van der Waals surface area contributed by atoms with Crippen molar-refractivity contribution in [2.45, 2.75) is 154 Å². The molecule has 38 heavy (non-hydrogen) atoms. The molecule has 0 bridgehead atoms. The molecule has 0 amide bonds. The van der Waals surface area contributed by atoms with Gasteiger partial charge in [0.25, 0.3) is 0 Å². The first-order valence-corrected chi connectivity index (χ1v) is 14.2. The first kappa shape index (κ1) is 42.3. The number of carboxylic acids is 2. The predicted molar refractivity (Wildman–Crippen MR) is 141 cm³/mol. The van der Waals surface area contributed by atoms with Gasteiger partial charge in [-0.05, 0) is 51.3 Å². The Labute approximate surface area is 275 Å². The van der Waals surface area contributed by atoms with Gasteiger partial charge in [0.2, 0.25) is 0 Å². The molecule has 0 spiro atoms. The van der Waals surface area contributed by atoms with Crippen LogP contribution in [0.5, 0.6) is 0 Å². The summed E-state index contributed by atoms with van der Waals surface area (Å²) < 4.78 is 0. The molecule has 0 aliphatic heterocycles. The van der Waals surface area contributed by atoms with E-state index in [2.05, 4.69) is 9.98 Å². The number of nitrogens with zero attached hydrogens (tertiary/aromatic N) is 2. The van der Waals surface area contributed by atoms with Crippen LogP contribution < -0.4 is 69.3 Å². The summed E-state index contributed by atoms with van der Waals surface area (Å²) in [4.78, 5) is 28.6. The number of carbonyl (C=O) groups is 2. The van der Waals surface area contributed by atoms with Crippen LogP contribution in [0.2, 0.25) is 0 Å².